The van der Waals surface area contributed by atoms with E-state index >= 15 is 0 Å². The summed E-state index contributed by atoms with van der Waals surface area (Å²) in [5, 5.41) is 0. The van der Waals surface area contributed by atoms with Crippen LogP contribution in [0.3, 0.4) is 0 Å². The van der Waals surface area contributed by atoms with Gasteiger partial charge in [0.25, 0.3) is 0 Å². The third-order valence-corrected chi connectivity index (χ3v) is 3.97. The number of benzene rings is 2. The summed E-state index contributed by atoms with van der Waals surface area (Å²) >= 11 is 0. The summed E-state index contributed by atoms with van der Waals surface area (Å²) < 4.78 is 26.5. The van der Waals surface area contributed by atoms with E-state index < -0.39 is 5.97 Å². The van der Waals surface area contributed by atoms with Crippen LogP contribution < -0.4 is 18.9 Å². The molecular weight excluding hydrogens is 360 g/mol. The summed E-state index contributed by atoms with van der Waals surface area (Å²) in [6.07, 6.45) is 3.23. The Hall–Kier alpha value is -3.41. The largest absolute Gasteiger partial charge is 0.493 e. The lowest BCUT2D eigenvalue weighted by Crippen LogP contribution is -2.07. The van der Waals surface area contributed by atoms with Crippen molar-refractivity contribution in [3.05, 3.63) is 60.2 Å². The van der Waals surface area contributed by atoms with Crippen molar-refractivity contribution < 1.29 is 28.5 Å². The number of esters is 1. The molecule has 148 valence electrons. The predicted octanol–water partition coefficient (Wildman–Crippen LogP) is 3.99. The highest BCUT2D eigenvalue weighted by molar-refractivity contribution is 6.21. The lowest BCUT2D eigenvalue weighted by Gasteiger charge is -2.13. The Labute approximate surface area is 164 Å². The molecule has 0 spiro atoms. The van der Waals surface area contributed by atoms with E-state index in [1.165, 1.54) is 13.2 Å². The normalized spacial score (nSPS) is 10.8. The van der Waals surface area contributed by atoms with Gasteiger partial charge in [-0.1, -0.05) is 24.8 Å². The van der Waals surface area contributed by atoms with Crippen LogP contribution in [-0.2, 0) is 9.53 Å². The molecule has 0 aromatic heterocycles. The molecule has 2 rings (SSSR count). The highest BCUT2D eigenvalue weighted by Crippen LogP contribution is 2.33. The number of methoxy groups -OCH3 is 4. The van der Waals surface area contributed by atoms with Crippen LogP contribution in [0, 0.1) is 0 Å². The van der Waals surface area contributed by atoms with Gasteiger partial charge in [0.05, 0.1) is 34.0 Å². The molecule has 0 unspecified atom stereocenters. The highest BCUT2D eigenvalue weighted by Gasteiger charge is 2.17. The smallest absolute Gasteiger partial charge is 0.339 e. The zero-order valence-electron chi connectivity index (χ0n) is 16.5. The van der Waals surface area contributed by atoms with Crippen molar-refractivity contribution in [1.29, 1.82) is 0 Å². The number of rotatable bonds is 9. The van der Waals surface area contributed by atoms with Gasteiger partial charge in [0.15, 0.2) is 23.0 Å². The van der Waals surface area contributed by atoms with Crippen LogP contribution >= 0.6 is 0 Å². The number of hydrogen-bond acceptors (Lipinski definition) is 6. The van der Waals surface area contributed by atoms with Crippen molar-refractivity contribution in [3.8, 4) is 23.0 Å². The van der Waals surface area contributed by atoms with E-state index in [1.54, 1.807) is 57.7 Å². The second kappa shape index (κ2) is 10.1. The minimum atomic E-state index is -0.484. The maximum Gasteiger partial charge on any atom is 0.339 e. The molecule has 0 saturated heterocycles. The van der Waals surface area contributed by atoms with Crippen LogP contribution in [0.15, 0.2) is 49.1 Å². The molecular formula is C22H24O6. The summed E-state index contributed by atoms with van der Waals surface area (Å²) in [4.78, 5) is 12.7. The fourth-order valence-electron chi connectivity index (χ4n) is 2.59. The van der Waals surface area contributed by atoms with Crippen LogP contribution in [0.5, 0.6) is 23.0 Å². The van der Waals surface area contributed by atoms with Gasteiger partial charge in [0.1, 0.15) is 6.61 Å². The molecule has 2 aromatic rings. The van der Waals surface area contributed by atoms with E-state index in [-0.39, 0.29) is 6.61 Å². The van der Waals surface area contributed by atoms with Crippen LogP contribution in [0.4, 0.5) is 0 Å². The minimum absolute atomic E-state index is 0.107. The summed E-state index contributed by atoms with van der Waals surface area (Å²) in [7, 11) is 6.21. The van der Waals surface area contributed by atoms with Crippen molar-refractivity contribution in [2.45, 2.75) is 0 Å². The van der Waals surface area contributed by atoms with Gasteiger partial charge in [0.2, 0.25) is 0 Å². The fraction of sp³-hybridized carbons (Fsp3) is 0.227. The second-order valence-electron chi connectivity index (χ2n) is 5.63. The van der Waals surface area contributed by atoms with E-state index in [0.29, 0.717) is 34.1 Å². The Kier molecular flexibility index (Phi) is 7.51. The SMILES string of the molecule is C=CCOC(=O)/C(=C\c1ccc(OC)c(OC)c1)c1ccc(OC)c(OC)c1. The zero-order chi connectivity index (χ0) is 20.5. The maximum absolute atomic E-state index is 12.7. The van der Waals surface area contributed by atoms with Crippen molar-refractivity contribution in [3.63, 3.8) is 0 Å². The average molecular weight is 384 g/mol. The first kappa shape index (κ1) is 20.9. The molecule has 0 fully saturated rings. The number of carbonyl (C=O) groups is 1. The summed E-state index contributed by atoms with van der Waals surface area (Å²) in [5.74, 6) is 1.75. The standard InChI is InChI=1S/C22H24O6/c1-6-11-28-22(23)17(16-8-10-19(25-3)21(14-16)27-5)12-15-7-9-18(24-2)20(13-15)26-4/h6-10,12-14H,1,11H2,2-5H3/b17-12-. The summed E-state index contributed by atoms with van der Waals surface area (Å²) in [6.45, 7) is 3.68. The van der Waals surface area contributed by atoms with E-state index in [9.17, 15) is 4.79 Å². The minimum Gasteiger partial charge on any atom is -0.493 e. The molecule has 0 amide bonds. The third kappa shape index (κ3) is 4.85. The van der Waals surface area contributed by atoms with Crippen LogP contribution in [-0.4, -0.2) is 41.0 Å². The first-order chi connectivity index (χ1) is 13.6. The molecule has 0 aliphatic carbocycles. The lowest BCUT2D eigenvalue weighted by molar-refractivity contribution is -0.135. The molecule has 0 saturated carbocycles. The van der Waals surface area contributed by atoms with Gasteiger partial charge in [0, 0.05) is 0 Å². The molecule has 6 heteroatoms. The molecule has 2 aromatic carbocycles. The summed E-state index contributed by atoms with van der Waals surface area (Å²) in [6, 6.07) is 10.6. The van der Waals surface area contributed by atoms with Crippen LogP contribution in [0.1, 0.15) is 11.1 Å². The van der Waals surface area contributed by atoms with Gasteiger partial charge < -0.3 is 23.7 Å². The predicted molar refractivity (Wildman–Crippen MR) is 108 cm³/mol. The average Bonchev–Trinajstić information content (AvgIpc) is 2.74. The quantitative estimate of drug-likeness (QED) is 0.282. The molecule has 0 aliphatic heterocycles. The summed E-state index contributed by atoms with van der Waals surface area (Å²) in [5.41, 5.74) is 1.73. The van der Waals surface area contributed by atoms with Gasteiger partial charge in [-0.2, -0.15) is 0 Å². The van der Waals surface area contributed by atoms with Crippen molar-refractivity contribution in [2.24, 2.45) is 0 Å². The van der Waals surface area contributed by atoms with Gasteiger partial charge >= 0.3 is 5.97 Å². The Morgan fingerprint density at radius 2 is 1.43 bits per heavy atom. The Morgan fingerprint density at radius 1 is 0.857 bits per heavy atom. The topological polar surface area (TPSA) is 63.2 Å². The van der Waals surface area contributed by atoms with Crippen molar-refractivity contribution in [2.75, 3.05) is 35.0 Å². The van der Waals surface area contributed by atoms with Gasteiger partial charge in [-0.15, -0.1) is 0 Å². The third-order valence-electron chi connectivity index (χ3n) is 3.97. The van der Waals surface area contributed by atoms with Crippen molar-refractivity contribution in [1.82, 2.24) is 0 Å². The van der Waals surface area contributed by atoms with Crippen LogP contribution in [0.25, 0.3) is 11.6 Å². The second-order valence-corrected chi connectivity index (χ2v) is 5.63. The number of carbonyl (C=O) groups excluding carboxylic acids is 1. The van der Waals surface area contributed by atoms with E-state index in [0.717, 1.165) is 5.56 Å². The first-order valence-electron chi connectivity index (χ1n) is 8.52. The van der Waals surface area contributed by atoms with Crippen molar-refractivity contribution >= 4 is 17.6 Å². The Bertz CT molecular complexity index is 869. The van der Waals surface area contributed by atoms with Gasteiger partial charge in [-0.3, -0.25) is 0 Å². The van der Waals surface area contributed by atoms with E-state index in [4.69, 9.17) is 23.7 Å². The molecule has 0 atom stereocenters. The number of hydrogen-bond donors (Lipinski definition) is 0. The molecule has 0 radical (unpaired) electrons. The lowest BCUT2D eigenvalue weighted by atomic mass is 10.0. The molecule has 0 heterocycles. The molecule has 0 N–H and O–H groups in total. The van der Waals surface area contributed by atoms with Gasteiger partial charge in [-0.25, -0.2) is 4.79 Å². The molecule has 6 nitrogen and oxygen atoms in total. The van der Waals surface area contributed by atoms with E-state index in [1.807, 2.05) is 6.07 Å². The van der Waals surface area contributed by atoms with Crippen LogP contribution in [0.2, 0.25) is 0 Å². The Balaban J connectivity index is 2.55. The molecule has 0 aliphatic rings. The first-order valence-corrected chi connectivity index (χ1v) is 8.52. The van der Waals surface area contributed by atoms with E-state index in [2.05, 4.69) is 6.58 Å². The molecule has 0 bridgehead atoms. The maximum atomic E-state index is 12.7. The highest BCUT2D eigenvalue weighted by atomic mass is 16.5. The Morgan fingerprint density at radius 3 is 2.00 bits per heavy atom. The monoisotopic (exact) mass is 384 g/mol. The fourth-order valence-corrected chi connectivity index (χ4v) is 2.59. The zero-order valence-corrected chi connectivity index (χ0v) is 16.5. The number of ether oxygens (including phenoxy) is 5. The van der Waals surface area contributed by atoms with Gasteiger partial charge in [-0.05, 0) is 41.5 Å². The molecule has 28 heavy (non-hydrogen) atoms.